The molecular weight excluding hydrogens is 270 g/mol. The van der Waals surface area contributed by atoms with Crippen LogP contribution in [0.5, 0.6) is 0 Å². The number of aromatic nitrogens is 1. The highest BCUT2D eigenvalue weighted by Gasteiger charge is 2.35. The molecule has 5 rings (SSSR count). The molecular formula is C15H17N3OS. The van der Waals surface area contributed by atoms with Crippen LogP contribution in [-0.2, 0) is 0 Å². The first-order valence-electron chi connectivity index (χ1n) is 7.12. The smallest absolute Gasteiger partial charge is 0.267 e. The number of nitrogens with zero attached hydrogens (tertiary/aromatic N) is 2. The fourth-order valence-electron chi connectivity index (χ4n) is 3.57. The molecule has 0 saturated carbocycles. The molecule has 0 unspecified atom stereocenters. The van der Waals surface area contributed by atoms with Crippen LogP contribution in [0.1, 0.15) is 34.1 Å². The lowest BCUT2D eigenvalue weighted by Crippen LogP contribution is -2.45. The molecule has 1 amide bonds. The molecule has 2 N–H and O–H groups in total. The summed E-state index contributed by atoms with van der Waals surface area (Å²) in [6, 6.07) is 4.06. The third kappa shape index (κ3) is 1.93. The fraction of sp³-hybridized carbons (Fsp3) is 0.467. The number of pyridine rings is 1. The number of hydrogen-bond donors (Lipinski definition) is 1. The molecule has 104 valence electrons. The summed E-state index contributed by atoms with van der Waals surface area (Å²) >= 11 is 1.82. The molecule has 5 heterocycles. The predicted molar refractivity (Wildman–Crippen MR) is 80.0 cm³/mol. The summed E-state index contributed by atoms with van der Waals surface area (Å²) < 4.78 is 1.15. The summed E-state index contributed by atoms with van der Waals surface area (Å²) in [4.78, 5) is 19.4. The zero-order valence-corrected chi connectivity index (χ0v) is 12.0. The molecule has 0 aromatic carbocycles. The molecule has 3 aliphatic rings. The van der Waals surface area contributed by atoms with Gasteiger partial charge in [0.05, 0.1) is 4.70 Å². The van der Waals surface area contributed by atoms with E-state index >= 15 is 0 Å². The van der Waals surface area contributed by atoms with Gasteiger partial charge in [-0.15, -0.1) is 11.3 Å². The standard InChI is InChI=1S/C15H17N3OS/c16-15(19)12-5-10-6-13(20-14(10)7-17-12)11-8-18-3-1-9(11)2-4-18/h5-7,9,11H,1-4,8H2,(H2,16,19)/t11-/m0/s1. The van der Waals surface area contributed by atoms with E-state index in [1.165, 1.54) is 37.4 Å². The largest absolute Gasteiger partial charge is 0.364 e. The highest BCUT2D eigenvalue weighted by atomic mass is 32.1. The van der Waals surface area contributed by atoms with Crippen molar-refractivity contribution in [3.63, 3.8) is 0 Å². The number of fused-ring (bicyclic) bond motifs is 4. The molecule has 20 heavy (non-hydrogen) atoms. The Bertz CT molecular complexity index is 673. The number of nitrogens with two attached hydrogens (primary N) is 1. The second kappa shape index (κ2) is 4.53. The van der Waals surface area contributed by atoms with E-state index in [2.05, 4.69) is 16.0 Å². The van der Waals surface area contributed by atoms with E-state index in [-0.39, 0.29) is 0 Å². The Balaban J connectivity index is 1.72. The van der Waals surface area contributed by atoms with Crippen molar-refractivity contribution in [3.05, 3.63) is 28.9 Å². The topological polar surface area (TPSA) is 59.2 Å². The summed E-state index contributed by atoms with van der Waals surface area (Å²) in [7, 11) is 0. The minimum Gasteiger partial charge on any atom is -0.364 e. The van der Waals surface area contributed by atoms with Gasteiger partial charge in [0.2, 0.25) is 0 Å². The maximum atomic E-state index is 11.2. The van der Waals surface area contributed by atoms with Crippen LogP contribution in [0.25, 0.3) is 10.1 Å². The second-order valence-corrected chi connectivity index (χ2v) is 6.98. The molecule has 5 heteroatoms. The molecule has 3 aliphatic heterocycles. The number of hydrogen-bond acceptors (Lipinski definition) is 4. The number of carbonyl (C=O) groups excluding carboxylic acids is 1. The number of carbonyl (C=O) groups is 1. The lowest BCUT2D eigenvalue weighted by Gasteiger charge is -2.44. The Morgan fingerprint density at radius 3 is 2.80 bits per heavy atom. The number of rotatable bonds is 2. The Kier molecular flexibility index (Phi) is 2.79. The Labute approximate surface area is 121 Å². The molecule has 0 spiro atoms. The lowest BCUT2D eigenvalue weighted by atomic mass is 9.78. The quantitative estimate of drug-likeness (QED) is 0.921. The molecule has 3 fully saturated rings. The van der Waals surface area contributed by atoms with Crippen molar-refractivity contribution >= 4 is 27.3 Å². The highest BCUT2D eigenvalue weighted by Crippen LogP contribution is 2.42. The van der Waals surface area contributed by atoms with Crippen LogP contribution in [0.2, 0.25) is 0 Å². The van der Waals surface area contributed by atoms with E-state index in [9.17, 15) is 4.79 Å². The Morgan fingerprint density at radius 2 is 2.15 bits per heavy atom. The normalized spacial score (nSPS) is 28.9. The van der Waals surface area contributed by atoms with Crippen molar-refractivity contribution in [2.24, 2.45) is 11.7 Å². The van der Waals surface area contributed by atoms with Crippen LogP contribution in [0.15, 0.2) is 18.3 Å². The van der Waals surface area contributed by atoms with Gasteiger partial charge in [-0.25, -0.2) is 4.98 Å². The number of piperidine rings is 3. The van der Waals surface area contributed by atoms with Crippen LogP contribution in [0, 0.1) is 5.92 Å². The van der Waals surface area contributed by atoms with Crippen molar-refractivity contribution in [2.75, 3.05) is 19.6 Å². The van der Waals surface area contributed by atoms with E-state index in [4.69, 9.17) is 5.73 Å². The molecule has 3 saturated heterocycles. The summed E-state index contributed by atoms with van der Waals surface area (Å²) in [5.41, 5.74) is 5.66. The van der Waals surface area contributed by atoms with Crippen LogP contribution < -0.4 is 5.73 Å². The second-order valence-electron chi connectivity index (χ2n) is 5.86. The summed E-state index contributed by atoms with van der Waals surface area (Å²) in [5.74, 6) is 1.03. The fourth-order valence-corrected chi connectivity index (χ4v) is 4.77. The number of thiophene rings is 1. The third-order valence-corrected chi connectivity index (χ3v) is 5.91. The zero-order chi connectivity index (χ0) is 13.7. The average Bonchev–Trinajstić information content (AvgIpc) is 2.91. The molecule has 2 aromatic rings. The number of amides is 1. The first-order chi connectivity index (χ1) is 9.70. The average molecular weight is 287 g/mol. The van der Waals surface area contributed by atoms with Gasteiger partial charge in [-0.1, -0.05) is 0 Å². The zero-order valence-electron chi connectivity index (χ0n) is 11.2. The van der Waals surface area contributed by atoms with Crippen molar-refractivity contribution in [2.45, 2.75) is 18.8 Å². The van der Waals surface area contributed by atoms with Crippen LogP contribution >= 0.6 is 11.3 Å². The molecule has 2 bridgehead atoms. The van der Waals surface area contributed by atoms with E-state index in [1.807, 2.05) is 17.4 Å². The SMILES string of the molecule is NC(=O)c1cc2cc([C@H]3CN4CCC3CC4)sc2cn1. The maximum Gasteiger partial charge on any atom is 0.267 e. The van der Waals surface area contributed by atoms with Crippen molar-refractivity contribution < 1.29 is 4.79 Å². The Morgan fingerprint density at radius 1 is 1.35 bits per heavy atom. The Hall–Kier alpha value is -1.46. The summed E-state index contributed by atoms with van der Waals surface area (Å²) in [6.45, 7) is 3.71. The van der Waals surface area contributed by atoms with Gasteiger partial charge in [0.1, 0.15) is 5.69 Å². The van der Waals surface area contributed by atoms with Gasteiger partial charge in [0.15, 0.2) is 0 Å². The minimum absolute atomic E-state index is 0.357. The summed E-state index contributed by atoms with van der Waals surface area (Å²) in [6.07, 6.45) is 4.43. The van der Waals surface area contributed by atoms with E-state index < -0.39 is 5.91 Å². The number of primary amides is 1. The predicted octanol–water partition coefficient (Wildman–Crippen LogP) is 2.20. The van der Waals surface area contributed by atoms with Crippen molar-refractivity contribution in [1.82, 2.24) is 9.88 Å². The molecule has 0 aliphatic carbocycles. The highest BCUT2D eigenvalue weighted by molar-refractivity contribution is 7.19. The van der Waals surface area contributed by atoms with Gasteiger partial charge < -0.3 is 10.6 Å². The van der Waals surface area contributed by atoms with Crippen molar-refractivity contribution in [1.29, 1.82) is 0 Å². The van der Waals surface area contributed by atoms with Crippen LogP contribution in [-0.4, -0.2) is 35.4 Å². The van der Waals surface area contributed by atoms with Gasteiger partial charge >= 0.3 is 0 Å². The molecule has 1 atom stereocenters. The van der Waals surface area contributed by atoms with Crippen LogP contribution in [0.3, 0.4) is 0 Å². The molecule has 4 nitrogen and oxygen atoms in total. The van der Waals surface area contributed by atoms with Gasteiger partial charge in [0, 0.05) is 23.5 Å². The first-order valence-corrected chi connectivity index (χ1v) is 7.94. The van der Waals surface area contributed by atoms with Crippen LogP contribution in [0.4, 0.5) is 0 Å². The minimum atomic E-state index is -0.456. The van der Waals surface area contributed by atoms with Gasteiger partial charge in [0.25, 0.3) is 5.91 Å². The van der Waals surface area contributed by atoms with E-state index in [0.717, 1.165) is 16.0 Å². The van der Waals surface area contributed by atoms with E-state index in [1.54, 1.807) is 6.20 Å². The van der Waals surface area contributed by atoms with Gasteiger partial charge in [-0.05, 0) is 49.4 Å². The summed E-state index contributed by atoms with van der Waals surface area (Å²) in [5, 5.41) is 1.10. The van der Waals surface area contributed by atoms with E-state index in [0.29, 0.717) is 11.6 Å². The maximum absolute atomic E-state index is 11.2. The monoisotopic (exact) mass is 287 g/mol. The molecule has 0 radical (unpaired) electrons. The molecule has 2 aromatic heterocycles. The van der Waals surface area contributed by atoms with Crippen molar-refractivity contribution in [3.8, 4) is 0 Å². The van der Waals surface area contributed by atoms with Gasteiger partial charge in [-0.3, -0.25) is 4.79 Å². The lowest BCUT2D eigenvalue weighted by molar-refractivity contribution is 0.0885. The first kappa shape index (κ1) is 12.3. The van der Waals surface area contributed by atoms with Gasteiger partial charge in [-0.2, -0.15) is 0 Å². The third-order valence-electron chi connectivity index (χ3n) is 4.70.